The summed E-state index contributed by atoms with van der Waals surface area (Å²) < 4.78 is 13.0. The molecule has 1 atom stereocenters. The number of nitriles is 1. The van der Waals surface area contributed by atoms with E-state index in [9.17, 15) is 4.39 Å². The molecule has 3 nitrogen and oxygen atoms in total. The fourth-order valence-corrected chi connectivity index (χ4v) is 3.09. The summed E-state index contributed by atoms with van der Waals surface area (Å²) in [6.07, 6.45) is 1.09. The number of hydrogen-bond acceptors (Lipinski definition) is 3. The van der Waals surface area contributed by atoms with Gasteiger partial charge in [0.25, 0.3) is 0 Å². The average Bonchev–Trinajstić information content (AvgIpc) is 3.03. The standard InChI is InChI=1S/C18H17ClFN3/c19-18-9-16(4-1-14(18)10-21)22-11-13-7-8-23(12-13)17-5-2-15(20)3-6-17/h1-6,9,13,22H,7-8,11-12H2. The molecule has 1 saturated heterocycles. The first-order valence-electron chi connectivity index (χ1n) is 7.60. The minimum Gasteiger partial charge on any atom is -0.385 e. The first-order valence-corrected chi connectivity index (χ1v) is 7.97. The van der Waals surface area contributed by atoms with Crippen LogP contribution in [0.3, 0.4) is 0 Å². The smallest absolute Gasteiger partial charge is 0.123 e. The highest BCUT2D eigenvalue weighted by Crippen LogP contribution is 2.25. The van der Waals surface area contributed by atoms with Crippen LogP contribution in [0.4, 0.5) is 15.8 Å². The fraction of sp³-hybridized carbons (Fsp3) is 0.278. The number of nitrogens with one attached hydrogen (secondary N) is 1. The van der Waals surface area contributed by atoms with E-state index in [-0.39, 0.29) is 5.82 Å². The van der Waals surface area contributed by atoms with Crippen LogP contribution in [-0.4, -0.2) is 19.6 Å². The molecule has 0 amide bonds. The molecule has 3 rings (SSSR count). The van der Waals surface area contributed by atoms with Crippen LogP contribution in [0.15, 0.2) is 42.5 Å². The number of rotatable bonds is 4. The lowest BCUT2D eigenvalue weighted by atomic mass is 10.1. The number of nitrogens with zero attached hydrogens (tertiary/aromatic N) is 2. The Labute approximate surface area is 140 Å². The first kappa shape index (κ1) is 15.6. The van der Waals surface area contributed by atoms with Gasteiger partial charge in [0, 0.05) is 31.0 Å². The van der Waals surface area contributed by atoms with Crippen LogP contribution in [0.1, 0.15) is 12.0 Å². The highest BCUT2D eigenvalue weighted by molar-refractivity contribution is 6.32. The second kappa shape index (κ2) is 6.89. The minimum atomic E-state index is -0.205. The van der Waals surface area contributed by atoms with E-state index >= 15 is 0 Å². The van der Waals surface area contributed by atoms with Crippen LogP contribution in [0, 0.1) is 23.1 Å². The molecule has 1 heterocycles. The Kier molecular flexibility index (Phi) is 4.68. The summed E-state index contributed by atoms with van der Waals surface area (Å²) in [6.45, 7) is 2.77. The van der Waals surface area contributed by atoms with Crippen molar-refractivity contribution >= 4 is 23.0 Å². The van der Waals surface area contributed by atoms with Crippen molar-refractivity contribution in [3.05, 3.63) is 58.9 Å². The van der Waals surface area contributed by atoms with E-state index in [1.807, 2.05) is 18.2 Å². The average molecular weight is 330 g/mol. The van der Waals surface area contributed by atoms with Gasteiger partial charge in [0.1, 0.15) is 11.9 Å². The van der Waals surface area contributed by atoms with Gasteiger partial charge in [0.2, 0.25) is 0 Å². The van der Waals surface area contributed by atoms with Crippen molar-refractivity contribution in [3.8, 4) is 6.07 Å². The summed E-state index contributed by atoms with van der Waals surface area (Å²) in [4.78, 5) is 2.28. The fourth-order valence-electron chi connectivity index (χ4n) is 2.86. The Morgan fingerprint density at radius 2 is 2.04 bits per heavy atom. The van der Waals surface area contributed by atoms with Gasteiger partial charge in [0.05, 0.1) is 10.6 Å². The maximum atomic E-state index is 13.0. The number of halogens is 2. The van der Waals surface area contributed by atoms with E-state index in [1.165, 1.54) is 12.1 Å². The minimum absolute atomic E-state index is 0.205. The Morgan fingerprint density at radius 1 is 1.26 bits per heavy atom. The Bertz CT molecular complexity index is 724. The summed E-state index contributed by atoms with van der Waals surface area (Å²) in [5.74, 6) is 0.318. The van der Waals surface area contributed by atoms with Gasteiger partial charge in [-0.1, -0.05) is 11.6 Å². The molecule has 0 aromatic heterocycles. The molecule has 2 aromatic rings. The molecule has 0 saturated carbocycles. The molecular weight excluding hydrogens is 313 g/mol. The summed E-state index contributed by atoms with van der Waals surface area (Å²) in [7, 11) is 0. The molecule has 23 heavy (non-hydrogen) atoms. The number of hydrogen-bond donors (Lipinski definition) is 1. The topological polar surface area (TPSA) is 39.1 Å². The Balaban J connectivity index is 1.55. The van der Waals surface area contributed by atoms with Crippen LogP contribution in [0.5, 0.6) is 0 Å². The van der Waals surface area contributed by atoms with Crippen LogP contribution in [0.25, 0.3) is 0 Å². The van der Waals surface area contributed by atoms with Gasteiger partial charge in [0.15, 0.2) is 0 Å². The van der Waals surface area contributed by atoms with Crippen LogP contribution < -0.4 is 10.2 Å². The van der Waals surface area contributed by atoms with Gasteiger partial charge < -0.3 is 10.2 Å². The van der Waals surface area contributed by atoms with Crippen LogP contribution >= 0.6 is 11.6 Å². The zero-order chi connectivity index (χ0) is 16.2. The van der Waals surface area contributed by atoms with Gasteiger partial charge in [-0.15, -0.1) is 0 Å². The lowest BCUT2D eigenvalue weighted by Gasteiger charge is -2.19. The third kappa shape index (κ3) is 3.75. The van der Waals surface area contributed by atoms with Crippen LogP contribution in [-0.2, 0) is 0 Å². The van der Waals surface area contributed by atoms with Crippen molar-refractivity contribution in [3.63, 3.8) is 0 Å². The second-order valence-electron chi connectivity index (χ2n) is 5.76. The number of anilines is 2. The predicted molar refractivity (Wildman–Crippen MR) is 91.4 cm³/mol. The lowest BCUT2D eigenvalue weighted by Crippen LogP contribution is -2.22. The maximum Gasteiger partial charge on any atom is 0.123 e. The van der Waals surface area contributed by atoms with Gasteiger partial charge in [-0.05, 0) is 54.8 Å². The molecule has 1 aliphatic rings. The largest absolute Gasteiger partial charge is 0.385 e. The van der Waals surface area contributed by atoms with Crippen molar-refractivity contribution in [2.24, 2.45) is 5.92 Å². The van der Waals surface area contributed by atoms with Crippen molar-refractivity contribution in [1.82, 2.24) is 0 Å². The van der Waals surface area contributed by atoms with E-state index < -0.39 is 0 Å². The third-order valence-electron chi connectivity index (χ3n) is 4.16. The quantitative estimate of drug-likeness (QED) is 0.909. The van der Waals surface area contributed by atoms with E-state index in [0.717, 1.165) is 37.4 Å². The van der Waals surface area contributed by atoms with Crippen molar-refractivity contribution in [1.29, 1.82) is 5.26 Å². The van der Waals surface area contributed by atoms with E-state index in [2.05, 4.69) is 16.3 Å². The highest BCUT2D eigenvalue weighted by Gasteiger charge is 2.22. The molecule has 1 unspecified atom stereocenters. The molecule has 118 valence electrons. The van der Waals surface area contributed by atoms with Gasteiger partial charge in [-0.2, -0.15) is 5.26 Å². The molecule has 5 heteroatoms. The monoisotopic (exact) mass is 329 g/mol. The van der Waals surface area contributed by atoms with E-state index in [1.54, 1.807) is 12.1 Å². The highest BCUT2D eigenvalue weighted by atomic mass is 35.5. The normalized spacial score (nSPS) is 17.1. The van der Waals surface area contributed by atoms with E-state index in [4.69, 9.17) is 16.9 Å². The first-order chi connectivity index (χ1) is 11.2. The molecule has 1 fully saturated rings. The summed E-state index contributed by atoms with van der Waals surface area (Å²) in [5, 5.41) is 12.7. The predicted octanol–water partition coefficient (Wildman–Crippen LogP) is 4.29. The van der Waals surface area contributed by atoms with Crippen molar-refractivity contribution < 1.29 is 4.39 Å². The zero-order valence-corrected chi connectivity index (χ0v) is 13.4. The van der Waals surface area contributed by atoms with Crippen LogP contribution in [0.2, 0.25) is 5.02 Å². The molecular formula is C18H17ClFN3. The molecule has 1 aliphatic heterocycles. The Hall–Kier alpha value is -2.25. The summed E-state index contributed by atoms with van der Waals surface area (Å²) in [5.41, 5.74) is 2.48. The number of benzene rings is 2. The summed E-state index contributed by atoms with van der Waals surface area (Å²) >= 11 is 6.04. The van der Waals surface area contributed by atoms with Crippen molar-refractivity contribution in [2.45, 2.75) is 6.42 Å². The van der Waals surface area contributed by atoms with Crippen molar-refractivity contribution in [2.75, 3.05) is 29.9 Å². The summed E-state index contributed by atoms with van der Waals surface area (Å²) in [6, 6.07) is 14.1. The lowest BCUT2D eigenvalue weighted by molar-refractivity contribution is 0.621. The SMILES string of the molecule is N#Cc1ccc(NCC2CCN(c3ccc(F)cc3)C2)cc1Cl. The molecule has 2 aromatic carbocycles. The third-order valence-corrected chi connectivity index (χ3v) is 4.47. The Morgan fingerprint density at radius 3 is 2.74 bits per heavy atom. The molecule has 0 spiro atoms. The second-order valence-corrected chi connectivity index (χ2v) is 6.17. The molecule has 0 radical (unpaired) electrons. The van der Waals surface area contributed by atoms with Gasteiger partial charge in [-0.25, -0.2) is 4.39 Å². The maximum absolute atomic E-state index is 13.0. The molecule has 0 aliphatic carbocycles. The van der Waals surface area contributed by atoms with E-state index in [0.29, 0.717) is 16.5 Å². The molecule has 0 bridgehead atoms. The van der Waals surface area contributed by atoms with Gasteiger partial charge >= 0.3 is 0 Å². The van der Waals surface area contributed by atoms with Gasteiger partial charge in [-0.3, -0.25) is 0 Å². The molecule has 1 N–H and O–H groups in total. The zero-order valence-electron chi connectivity index (χ0n) is 12.6.